The topological polar surface area (TPSA) is 25.9 Å². The van der Waals surface area contributed by atoms with Crippen LogP contribution in [-0.2, 0) is 24.4 Å². The molecule has 0 radical (unpaired) electrons. The highest BCUT2D eigenvalue weighted by atomic mass is 32.2. The molecule has 0 saturated heterocycles. The Hall–Kier alpha value is -0.640. The third-order valence-electron chi connectivity index (χ3n) is 2.42. The molecule has 1 rings (SSSR count). The summed E-state index contributed by atoms with van der Waals surface area (Å²) in [6.45, 7) is 1.09. The smallest absolute Gasteiger partial charge is 0.243 e. The third-order valence-corrected chi connectivity index (χ3v) is 3.29. The number of hydrogen-bond acceptors (Lipinski definition) is 1. The van der Waals surface area contributed by atoms with Crippen molar-refractivity contribution in [3.63, 3.8) is 0 Å². The van der Waals surface area contributed by atoms with Gasteiger partial charge in [-0.05, 0) is 19.3 Å². The SMILES string of the molecule is C[n+]1ccn(CCCCCC[S@@](C)=O)c1. The molecule has 1 aromatic rings. The van der Waals surface area contributed by atoms with Gasteiger partial charge in [0.1, 0.15) is 12.4 Å². The van der Waals surface area contributed by atoms with E-state index in [1.165, 1.54) is 19.3 Å². The second-order valence-electron chi connectivity index (χ2n) is 4.01. The minimum Gasteiger partial charge on any atom is -0.260 e. The van der Waals surface area contributed by atoms with Crippen LogP contribution in [0.1, 0.15) is 25.7 Å². The fraction of sp³-hybridized carbons (Fsp3) is 0.727. The largest absolute Gasteiger partial charge is 0.260 e. The molecular weight excluding hydrogens is 208 g/mol. The van der Waals surface area contributed by atoms with Gasteiger partial charge >= 0.3 is 0 Å². The molecule has 0 N–H and O–H groups in total. The van der Waals surface area contributed by atoms with Gasteiger partial charge in [0, 0.05) is 22.8 Å². The summed E-state index contributed by atoms with van der Waals surface area (Å²) in [4.78, 5) is 0. The molecule has 3 nitrogen and oxygen atoms in total. The Morgan fingerprint density at radius 3 is 2.60 bits per heavy atom. The van der Waals surface area contributed by atoms with Crippen LogP contribution in [0.2, 0.25) is 0 Å². The van der Waals surface area contributed by atoms with Gasteiger partial charge in [0.05, 0.1) is 13.6 Å². The fourth-order valence-electron chi connectivity index (χ4n) is 1.59. The lowest BCUT2D eigenvalue weighted by molar-refractivity contribution is -0.671. The zero-order chi connectivity index (χ0) is 11.1. The molecule has 4 heteroatoms. The van der Waals surface area contributed by atoms with E-state index >= 15 is 0 Å². The number of nitrogens with zero attached hydrogens (tertiary/aromatic N) is 2. The van der Waals surface area contributed by atoms with E-state index in [1.807, 2.05) is 7.05 Å². The van der Waals surface area contributed by atoms with Crippen molar-refractivity contribution in [2.75, 3.05) is 12.0 Å². The molecule has 1 aromatic heterocycles. The van der Waals surface area contributed by atoms with E-state index in [0.717, 1.165) is 18.7 Å². The van der Waals surface area contributed by atoms with E-state index in [4.69, 9.17) is 0 Å². The van der Waals surface area contributed by atoms with Crippen molar-refractivity contribution in [2.24, 2.45) is 7.05 Å². The Labute approximate surface area is 94.6 Å². The Balaban J connectivity index is 2.00. The molecule has 0 aliphatic carbocycles. The lowest BCUT2D eigenvalue weighted by atomic mass is 10.2. The molecule has 1 heterocycles. The lowest BCUT2D eigenvalue weighted by Gasteiger charge is -1.98. The maximum atomic E-state index is 10.8. The first-order valence-electron chi connectivity index (χ1n) is 5.49. The van der Waals surface area contributed by atoms with E-state index in [1.54, 1.807) is 6.26 Å². The summed E-state index contributed by atoms with van der Waals surface area (Å²) < 4.78 is 15.1. The first-order valence-corrected chi connectivity index (χ1v) is 7.22. The molecule has 0 unspecified atom stereocenters. The van der Waals surface area contributed by atoms with Crippen molar-refractivity contribution >= 4 is 10.8 Å². The third kappa shape index (κ3) is 5.72. The van der Waals surface area contributed by atoms with Gasteiger partial charge in [-0.2, -0.15) is 0 Å². The van der Waals surface area contributed by atoms with E-state index in [0.29, 0.717) is 0 Å². The van der Waals surface area contributed by atoms with E-state index in [2.05, 4.69) is 27.9 Å². The second-order valence-corrected chi connectivity index (χ2v) is 5.56. The summed E-state index contributed by atoms with van der Waals surface area (Å²) in [5.74, 6) is 0.860. The number of hydrogen-bond donors (Lipinski definition) is 0. The summed E-state index contributed by atoms with van der Waals surface area (Å²) in [5, 5.41) is 0. The number of imidazole rings is 1. The van der Waals surface area contributed by atoms with E-state index in [-0.39, 0.29) is 0 Å². The maximum absolute atomic E-state index is 10.8. The van der Waals surface area contributed by atoms with Crippen molar-refractivity contribution in [2.45, 2.75) is 32.2 Å². The van der Waals surface area contributed by atoms with Crippen LogP contribution in [0.3, 0.4) is 0 Å². The average Bonchev–Trinajstić information content (AvgIpc) is 2.57. The normalized spacial score (nSPS) is 12.9. The van der Waals surface area contributed by atoms with Gasteiger partial charge in [-0.25, -0.2) is 9.13 Å². The second kappa shape index (κ2) is 6.77. The van der Waals surface area contributed by atoms with Crippen LogP contribution in [0.15, 0.2) is 18.7 Å². The van der Waals surface area contributed by atoms with Crippen molar-refractivity contribution in [1.29, 1.82) is 0 Å². The maximum Gasteiger partial charge on any atom is 0.243 e. The molecule has 1 atom stereocenters. The highest BCUT2D eigenvalue weighted by Crippen LogP contribution is 2.02. The number of aromatic nitrogens is 2. The van der Waals surface area contributed by atoms with Gasteiger partial charge in [0.15, 0.2) is 0 Å². The summed E-state index contributed by atoms with van der Waals surface area (Å²) >= 11 is 0. The summed E-state index contributed by atoms with van der Waals surface area (Å²) in [6, 6.07) is 0. The zero-order valence-corrected chi connectivity index (χ0v) is 10.5. The van der Waals surface area contributed by atoms with Crippen LogP contribution in [-0.4, -0.2) is 20.8 Å². The van der Waals surface area contributed by atoms with E-state index in [9.17, 15) is 4.21 Å². The summed E-state index contributed by atoms with van der Waals surface area (Å²) in [7, 11) is 1.42. The van der Waals surface area contributed by atoms with Crippen molar-refractivity contribution < 1.29 is 8.78 Å². The first kappa shape index (κ1) is 12.4. The molecule has 0 bridgehead atoms. The number of rotatable bonds is 7. The molecule has 0 spiro atoms. The van der Waals surface area contributed by atoms with Gasteiger partial charge < -0.3 is 0 Å². The standard InChI is InChI=1S/C11H21N2OS/c1-12-8-9-13(11-12)7-5-3-4-6-10-15(2)14/h8-9,11H,3-7,10H2,1-2H3/q+1/t15-/m1/s1. The minimum atomic E-state index is -0.612. The van der Waals surface area contributed by atoms with Gasteiger partial charge in [-0.3, -0.25) is 4.21 Å². The van der Waals surface area contributed by atoms with Crippen LogP contribution in [0, 0.1) is 0 Å². The Morgan fingerprint density at radius 1 is 1.27 bits per heavy atom. The monoisotopic (exact) mass is 229 g/mol. The molecule has 0 saturated carbocycles. The van der Waals surface area contributed by atoms with Crippen LogP contribution in [0.5, 0.6) is 0 Å². The molecule has 0 aliphatic rings. The van der Waals surface area contributed by atoms with Gasteiger partial charge in [0.2, 0.25) is 6.33 Å². The molecule has 0 aromatic carbocycles. The van der Waals surface area contributed by atoms with Gasteiger partial charge in [-0.15, -0.1) is 0 Å². The molecule has 0 aliphatic heterocycles. The molecule has 15 heavy (non-hydrogen) atoms. The van der Waals surface area contributed by atoms with Crippen molar-refractivity contribution in [3.8, 4) is 0 Å². The Kier molecular flexibility index (Phi) is 5.61. The first-order chi connectivity index (χ1) is 7.18. The number of unbranched alkanes of at least 4 members (excludes halogenated alkanes) is 3. The fourth-order valence-corrected chi connectivity index (χ4v) is 2.20. The van der Waals surface area contributed by atoms with Crippen LogP contribution >= 0.6 is 0 Å². The lowest BCUT2D eigenvalue weighted by Crippen LogP contribution is -2.23. The van der Waals surface area contributed by atoms with Crippen LogP contribution in [0.25, 0.3) is 0 Å². The van der Waals surface area contributed by atoms with Gasteiger partial charge in [0.25, 0.3) is 0 Å². The molecular formula is C11H21N2OS+. The predicted molar refractivity (Wildman–Crippen MR) is 63.0 cm³/mol. The van der Waals surface area contributed by atoms with Crippen LogP contribution in [0.4, 0.5) is 0 Å². The van der Waals surface area contributed by atoms with Crippen molar-refractivity contribution in [3.05, 3.63) is 18.7 Å². The zero-order valence-electron chi connectivity index (χ0n) is 9.69. The summed E-state index contributed by atoms with van der Waals surface area (Å²) in [5.41, 5.74) is 0. The average molecular weight is 229 g/mol. The highest BCUT2D eigenvalue weighted by Gasteiger charge is 1.99. The minimum absolute atomic E-state index is 0.612. The summed E-state index contributed by atoms with van der Waals surface area (Å²) in [6.07, 6.45) is 12.8. The van der Waals surface area contributed by atoms with Gasteiger partial charge in [-0.1, -0.05) is 6.42 Å². The quantitative estimate of drug-likeness (QED) is 0.510. The van der Waals surface area contributed by atoms with E-state index < -0.39 is 10.8 Å². The van der Waals surface area contributed by atoms with Crippen molar-refractivity contribution in [1.82, 2.24) is 4.57 Å². The Bertz CT molecular complexity index is 309. The Morgan fingerprint density at radius 2 is 2.00 bits per heavy atom. The molecule has 0 fully saturated rings. The predicted octanol–water partition coefficient (Wildman–Crippen LogP) is 1.25. The number of aryl methyl sites for hydroxylation is 2. The highest BCUT2D eigenvalue weighted by molar-refractivity contribution is 7.84. The molecule has 0 amide bonds. The van der Waals surface area contributed by atoms with Crippen LogP contribution < -0.4 is 4.57 Å². The molecule has 86 valence electrons.